The summed E-state index contributed by atoms with van der Waals surface area (Å²) < 4.78 is 0. The summed E-state index contributed by atoms with van der Waals surface area (Å²) in [7, 11) is 0. The maximum Gasteiger partial charge on any atom is -0.412 e. The van der Waals surface area contributed by atoms with Gasteiger partial charge in [-0.25, -0.2) is 0 Å². The van der Waals surface area contributed by atoms with E-state index in [1.807, 2.05) is 0 Å². The first-order valence-electron chi connectivity index (χ1n) is 0. The highest BCUT2D eigenvalue weighted by atomic mass is 16.0. The van der Waals surface area contributed by atoms with Crippen LogP contribution in [-0.2, 0) is 0 Å². The van der Waals surface area contributed by atoms with Crippen LogP contribution in [0.25, 0.3) is 0 Å². The van der Waals surface area contributed by atoms with E-state index in [0.29, 0.717) is 0 Å². The summed E-state index contributed by atoms with van der Waals surface area (Å²) >= 11 is 0. The molecule has 0 aromatic carbocycles. The Kier molecular flexibility index (Phi) is 5050000. The van der Waals surface area contributed by atoms with Gasteiger partial charge in [0, 0.05) is 0 Å². The van der Waals surface area contributed by atoms with Crippen molar-refractivity contribution in [2.45, 2.75) is 0 Å². The monoisotopic (exact) mass is 101 g/mol. The molecule has 0 spiro atoms. The molecule has 6 heteroatoms. The first-order valence-corrected chi connectivity index (χ1v) is 0. The third-order valence-corrected chi connectivity index (χ3v) is 0. The van der Waals surface area contributed by atoms with Crippen LogP contribution in [0.2, 0.25) is 0 Å². The Labute approximate surface area is 37.1 Å². The van der Waals surface area contributed by atoms with Crippen molar-refractivity contribution in [1.29, 1.82) is 0 Å². The molecular formula is H10BO5-. The average molecular weight is 101 g/mol. The Hall–Kier alpha value is -0.135. The Morgan fingerprint density at radius 2 is 0.333 bits per heavy atom. The first kappa shape index (κ1) is 7610. The molecule has 0 heterocycles. The summed E-state index contributed by atoms with van der Waals surface area (Å²) in [5, 5.41) is 0. The number of hydrogen-bond acceptors (Lipinski definition) is 0. The topological polar surface area (TPSA) is 158 Å². The van der Waals surface area contributed by atoms with Gasteiger partial charge < -0.3 is 35.8 Å². The van der Waals surface area contributed by atoms with Crippen LogP contribution >= 0.6 is 0 Å². The highest BCUT2D eigenvalue weighted by molar-refractivity contribution is 5.75. The molecule has 10 N–H and O–H groups in total. The molecule has 0 aliphatic heterocycles. The van der Waals surface area contributed by atoms with Gasteiger partial charge in [0.25, 0.3) is 0 Å². The van der Waals surface area contributed by atoms with Crippen molar-refractivity contribution in [3.05, 3.63) is 0 Å². The van der Waals surface area contributed by atoms with E-state index in [9.17, 15) is 0 Å². The second kappa shape index (κ2) is 3980. The fraction of sp³-hybridized carbons (Fsp3) is 0. The molecule has 0 bridgehead atoms. The van der Waals surface area contributed by atoms with Gasteiger partial charge in [-0.1, -0.05) is 0 Å². The summed E-state index contributed by atoms with van der Waals surface area (Å²) in [5.74, 6) is 0. The molecule has 0 rings (SSSR count). The van der Waals surface area contributed by atoms with Crippen LogP contribution in [0, 0.1) is 0 Å². The highest BCUT2D eigenvalue weighted by Crippen LogP contribution is -0.285. The standard InChI is InChI=1S/B.5H2O/h;5*1H2/q-1;;;;;. The molecule has 4 radical (unpaired) electrons. The average Bonchev–Trinajstić information content (AvgIpc) is 0. The molecule has 0 atom stereocenters. The van der Waals surface area contributed by atoms with E-state index in [4.69, 9.17) is 0 Å². The summed E-state index contributed by atoms with van der Waals surface area (Å²) in [6, 6.07) is 0. The molecule has 6 heavy (non-hydrogen) atoms. The normalized spacial score (nSPS) is 0. The lowest BCUT2D eigenvalue weighted by Gasteiger charge is -1.00. The lowest BCUT2D eigenvalue weighted by molar-refractivity contribution is 0.823. The van der Waals surface area contributed by atoms with E-state index < -0.39 is 0 Å². The fourth-order valence-corrected chi connectivity index (χ4v) is 0. The molecule has 0 unspecified atom stereocenters. The third kappa shape index (κ3) is 1740. The van der Waals surface area contributed by atoms with Crippen LogP contribution in [0.5, 0.6) is 0 Å². The number of hydrogen-bond donors (Lipinski definition) is 0. The van der Waals surface area contributed by atoms with E-state index >= 15 is 0 Å². The predicted octanol–water partition coefficient (Wildman–Crippen LogP) is -4.50. The summed E-state index contributed by atoms with van der Waals surface area (Å²) in [6.07, 6.45) is 0. The van der Waals surface area contributed by atoms with E-state index in [2.05, 4.69) is 0 Å². The minimum Gasteiger partial charge on any atom is -1.00 e. The van der Waals surface area contributed by atoms with Crippen molar-refractivity contribution in [1.82, 2.24) is 0 Å². The second-order valence-electron chi connectivity index (χ2n) is 0. The van der Waals surface area contributed by atoms with Gasteiger partial charge in [0.2, 0.25) is 0 Å². The Morgan fingerprint density at radius 1 is 0.333 bits per heavy atom. The lowest BCUT2D eigenvalue weighted by atomic mass is 10.8. The molecule has 44 valence electrons. The van der Waals surface area contributed by atoms with Crippen molar-refractivity contribution in [3.8, 4) is 0 Å². The molecule has 0 amide bonds. The zero-order valence-corrected chi connectivity index (χ0v) is 3.08. The lowest BCUT2D eigenvalue weighted by Crippen LogP contribution is -0.381. The van der Waals surface area contributed by atoms with Gasteiger partial charge in [0.05, 0.1) is 0 Å². The maximum atomic E-state index is 0. The van der Waals surface area contributed by atoms with Crippen LogP contribution in [0.3, 0.4) is 0 Å². The van der Waals surface area contributed by atoms with Crippen LogP contribution in [0.1, 0.15) is 0 Å². The molecule has 0 fully saturated rings. The number of rotatable bonds is 0. The summed E-state index contributed by atoms with van der Waals surface area (Å²) in [5.41, 5.74) is 0. The van der Waals surface area contributed by atoms with Gasteiger partial charge in [0.15, 0.2) is 0 Å². The third-order valence-electron chi connectivity index (χ3n) is 0. The summed E-state index contributed by atoms with van der Waals surface area (Å²) in [6.45, 7) is 0. The largest absolute Gasteiger partial charge is 1.00 e. The van der Waals surface area contributed by atoms with Gasteiger partial charge in [-0.05, 0) is 0 Å². The molecule has 0 aromatic rings. The van der Waals surface area contributed by atoms with Gasteiger partial charge in [-0.15, -0.1) is 0 Å². The van der Waals surface area contributed by atoms with Crippen molar-refractivity contribution >= 4 is 8.41 Å². The van der Waals surface area contributed by atoms with E-state index in [1.165, 1.54) is 0 Å². The fourth-order valence-electron chi connectivity index (χ4n) is 0. The van der Waals surface area contributed by atoms with E-state index in [0.717, 1.165) is 0 Å². The first-order chi connectivity index (χ1) is 0. The van der Waals surface area contributed by atoms with Crippen LogP contribution in [0.15, 0.2) is 0 Å². The van der Waals surface area contributed by atoms with Gasteiger partial charge in [0.1, 0.15) is 0 Å². The molecule has 0 aliphatic rings. The molecule has 5 nitrogen and oxygen atoms in total. The molecule has 0 saturated carbocycles. The molecular weight excluding hydrogens is 90.8 g/mol. The van der Waals surface area contributed by atoms with Gasteiger partial charge in [-0.2, -0.15) is 0 Å². The highest BCUT2D eigenvalue weighted by Gasteiger charge is -0.408. The van der Waals surface area contributed by atoms with Crippen molar-refractivity contribution in [2.24, 2.45) is 0 Å². The summed E-state index contributed by atoms with van der Waals surface area (Å²) in [4.78, 5) is 0. The van der Waals surface area contributed by atoms with Crippen molar-refractivity contribution in [3.63, 3.8) is 0 Å². The quantitative estimate of drug-likeness (QED) is 0.269. The molecule has 0 saturated heterocycles. The predicted molar refractivity (Wildman–Crippen MR) is 23.8 cm³/mol. The smallest absolute Gasteiger partial charge is 0.412 e. The van der Waals surface area contributed by atoms with E-state index in [-0.39, 0.29) is 35.8 Å². The molecule has 0 aromatic heterocycles. The Bertz CT molecular complexity index is 3.90. The van der Waals surface area contributed by atoms with Gasteiger partial charge >= 0.3 is 0 Å². The Morgan fingerprint density at radius 3 is 0.333 bits per heavy atom. The maximum absolute atomic E-state index is 0. The van der Waals surface area contributed by atoms with Crippen LogP contribution in [0.4, 0.5) is 0 Å². The SMILES string of the molecule is O.O.O.O.O.[B-]. The minimum atomic E-state index is 0. The van der Waals surface area contributed by atoms with Crippen molar-refractivity contribution in [2.75, 3.05) is 0 Å². The zero-order valence-electron chi connectivity index (χ0n) is 3.08. The van der Waals surface area contributed by atoms with Crippen LogP contribution < -0.4 is 0 Å². The minimum absolute atomic E-state index is 0. The second-order valence-corrected chi connectivity index (χ2v) is 0. The van der Waals surface area contributed by atoms with E-state index in [1.54, 1.807) is 0 Å². The van der Waals surface area contributed by atoms with Crippen LogP contribution in [-0.4, -0.2) is 35.8 Å². The Balaban J connectivity index is 0. The molecule has 0 aliphatic carbocycles. The van der Waals surface area contributed by atoms with Gasteiger partial charge in [-0.3, -0.25) is 0 Å². The zero-order chi connectivity index (χ0) is 0. The van der Waals surface area contributed by atoms with Crippen molar-refractivity contribution < 1.29 is 27.4 Å².